The van der Waals surface area contributed by atoms with Gasteiger partial charge in [0.2, 0.25) is 5.91 Å². The average Bonchev–Trinajstić information content (AvgIpc) is 2.60. The van der Waals surface area contributed by atoms with Crippen LogP contribution in [0.1, 0.15) is 30.6 Å². The molecule has 0 aliphatic heterocycles. The smallest absolute Gasteiger partial charge is 0.307 e. The maximum atomic E-state index is 12.8. The highest BCUT2D eigenvalue weighted by Gasteiger charge is 2.18. The molecule has 0 radical (unpaired) electrons. The second kappa shape index (κ2) is 12.0. The fourth-order valence-electron chi connectivity index (χ4n) is 2.23. The van der Waals surface area contributed by atoms with E-state index in [0.29, 0.717) is 11.3 Å². The summed E-state index contributed by atoms with van der Waals surface area (Å²) in [6, 6.07) is 6.57. The third-order valence-electron chi connectivity index (χ3n) is 3.35. The molecule has 1 aromatic rings. The molecule has 8 heteroatoms. The fourth-order valence-corrected chi connectivity index (χ4v) is 2.23. The van der Waals surface area contributed by atoms with Crippen molar-refractivity contribution in [3.63, 3.8) is 0 Å². The molecule has 1 aromatic carbocycles. The summed E-state index contributed by atoms with van der Waals surface area (Å²) in [6.45, 7) is 4.15. The summed E-state index contributed by atoms with van der Waals surface area (Å²) in [5.74, 6) is -0.895. The Hall–Kier alpha value is -2.45. The molecule has 0 bridgehead atoms. The van der Waals surface area contributed by atoms with E-state index in [1.165, 1.54) is 11.8 Å². The van der Waals surface area contributed by atoms with Crippen molar-refractivity contribution < 1.29 is 29.0 Å². The van der Waals surface area contributed by atoms with E-state index in [9.17, 15) is 14.4 Å². The lowest BCUT2D eigenvalue weighted by Gasteiger charge is -2.22. The number of ether oxygens (including phenoxy) is 2. The van der Waals surface area contributed by atoms with E-state index < -0.39 is 0 Å². The van der Waals surface area contributed by atoms with Gasteiger partial charge in [0, 0.05) is 31.3 Å². The Labute approximate surface area is 153 Å². The van der Waals surface area contributed by atoms with Crippen LogP contribution in [0.15, 0.2) is 24.3 Å². The van der Waals surface area contributed by atoms with Crippen LogP contribution in [0.4, 0.5) is 5.69 Å². The van der Waals surface area contributed by atoms with Gasteiger partial charge in [-0.15, -0.1) is 0 Å². The lowest BCUT2D eigenvalue weighted by Crippen LogP contribution is -2.36. The largest absolute Gasteiger partial charge is 0.466 e. The number of carbonyl (C=O) groups excluding carboxylic acids is 3. The van der Waals surface area contributed by atoms with E-state index in [-0.39, 0.29) is 63.7 Å². The molecule has 0 saturated carbocycles. The molecule has 2 N–H and O–H groups in total. The first kappa shape index (κ1) is 21.6. The van der Waals surface area contributed by atoms with Gasteiger partial charge in [0.15, 0.2) is 0 Å². The van der Waals surface area contributed by atoms with E-state index in [1.807, 2.05) is 0 Å². The zero-order valence-electron chi connectivity index (χ0n) is 15.2. The Kier molecular flexibility index (Phi) is 9.96. The normalized spacial score (nSPS) is 10.3. The van der Waals surface area contributed by atoms with Gasteiger partial charge in [-0.1, -0.05) is 6.07 Å². The Morgan fingerprint density at radius 2 is 1.96 bits per heavy atom. The van der Waals surface area contributed by atoms with Crippen molar-refractivity contribution in [2.45, 2.75) is 20.3 Å². The van der Waals surface area contributed by atoms with Crippen molar-refractivity contribution in [1.82, 2.24) is 4.90 Å². The van der Waals surface area contributed by atoms with Crippen LogP contribution in [0.2, 0.25) is 0 Å². The first-order valence-corrected chi connectivity index (χ1v) is 8.49. The monoisotopic (exact) mass is 366 g/mol. The van der Waals surface area contributed by atoms with Gasteiger partial charge in [-0.05, 0) is 25.1 Å². The predicted molar refractivity (Wildman–Crippen MR) is 95.8 cm³/mol. The third kappa shape index (κ3) is 8.09. The summed E-state index contributed by atoms with van der Waals surface area (Å²) in [5.41, 5.74) is 0.910. The van der Waals surface area contributed by atoms with E-state index in [2.05, 4.69) is 5.32 Å². The molecule has 0 aliphatic rings. The molecule has 0 fully saturated rings. The van der Waals surface area contributed by atoms with Crippen LogP contribution in [0.25, 0.3) is 0 Å². The number of aliphatic hydroxyl groups excluding tert-OH is 1. The van der Waals surface area contributed by atoms with Crippen molar-refractivity contribution in [3.8, 4) is 0 Å². The first-order chi connectivity index (χ1) is 12.5. The first-order valence-electron chi connectivity index (χ1n) is 8.49. The molecule has 144 valence electrons. The number of amides is 2. The van der Waals surface area contributed by atoms with Gasteiger partial charge in [0.1, 0.15) is 0 Å². The molecule has 0 atom stereocenters. The Balaban J connectivity index is 2.80. The number of nitrogens with zero attached hydrogens (tertiary/aromatic N) is 1. The van der Waals surface area contributed by atoms with Crippen LogP contribution in [0, 0.1) is 0 Å². The van der Waals surface area contributed by atoms with E-state index in [1.54, 1.807) is 31.2 Å². The number of anilines is 1. The SMILES string of the molecule is CCOC(=O)CCN(CCOCCO)C(=O)c1cccc(NC(C)=O)c1. The molecule has 1 rings (SSSR count). The third-order valence-corrected chi connectivity index (χ3v) is 3.35. The van der Waals surface area contributed by atoms with Crippen molar-refractivity contribution in [1.29, 1.82) is 0 Å². The Morgan fingerprint density at radius 1 is 1.19 bits per heavy atom. The topological polar surface area (TPSA) is 105 Å². The van der Waals surface area contributed by atoms with Gasteiger partial charge in [0.05, 0.1) is 32.8 Å². The zero-order chi connectivity index (χ0) is 19.4. The van der Waals surface area contributed by atoms with Crippen LogP contribution in [-0.4, -0.2) is 67.3 Å². The number of carbonyl (C=O) groups is 3. The van der Waals surface area contributed by atoms with E-state index >= 15 is 0 Å². The van der Waals surface area contributed by atoms with Crippen LogP contribution in [0.5, 0.6) is 0 Å². The minimum absolute atomic E-state index is 0.0744. The van der Waals surface area contributed by atoms with Gasteiger partial charge in [-0.25, -0.2) is 0 Å². The molecule has 0 aromatic heterocycles. The van der Waals surface area contributed by atoms with Gasteiger partial charge in [-0.2, -0.15) is 0 Å². The molecular formula is C18H26N2O6. The summed E-state index contributed by atoms with van der Waals surface area (Å²) < 4.78 is 10.1. The standard InChI is InChI=1S/C18H26N2O6/c1-3-26-17(23)7-8-20(9-11-25-12-10-21)18(24)15-5-4-6-16(13-15)19-14(2)22/h4-6,13,21H,3,7-12H2,1-2H3,(H,19,22). The summed E-state index contributed by atoms with van der Waals surface area (Å²) >= 11 is 0. The number of rotatable bonds is 11. The van der Waals surface area contributed by atoms with Crippen molar-refractivity contribution in [2.24, 2.45) is 0 Å². The second-order valence-corrected chi connectivity index (χ2v) is 5.45. The Morgan fingerprint density at radius 3 is 2.62 bits per heavy atom. The maximum Gasteiger partial charge on any atom is 0.307 e. The fraction of sp³-hybridized carbons (Fsp3) is 0.500. The lowest BCUT2D eigenvalue weighted by atomic mass is 10.1. The van der Waals surface area contributed by atoms with Crippen LogP contribution in [-0.2, 0) is 19.1 Å². The highest BCUT2D eigenvalue weighted by molar-refractivity contribution is 5.97. The minimum Gasteiger partial charge on any atom is -0.466 e. The van der Waals surface area contributed by atoms with E-state index in [0.717, 1.165) is 0 Å². The minimum atomic E-state index is -0.381. The highest BCUT2D eigenvalue weighted by atomic mass is 16.5. The molecule has 26 heavy (non-hydrogen) atoms. The zero-order valence-corrected chi connectivity index (χ0v) is 15.2. The number of benzene rings is 1. The van der Waals surface area contributed by atoms with E-state index in [4.69, 9.17) is 14.6 Å². The van der Waals surface area contributed by atoms with Crippen molar-refractivity contribution >= 4 is 23.5 Å². The second-order valence-electron chi connectivity index (χ2n) is 5.45. The molecule has 0 aliphatic carbocycles. The summed E-state index contributed by atoms with van der Waals surface area (Å²) in [5, 5.41) is 11.4. The Bertz CT molecular complexity index is 605. The summed E-state index contributed by atoms with van der Waals surface area (Å²) in [7, 11) is 0. The number of aliphatic hydroxyl groups is 1. The molecule has 2 amide bonds. The van der Waals surface area contributed by atoms with Crippen molar-refractivity contribution in [3.05, 3.63) is 29.8 Å². The summed E-state index contributed by atoms with van der Waals surface area (Å²) in [4.78, 5) is 37.0. The summed E-state index contributed by atoms with van der Waals surface area (Å²) in [6.07, 6.45) is 0.0744. The number of esters is 1. The molecule has 8 nitrogen and oxygen atoms in total. The average molecular weight is 366 g/mol. The van der Waals surface area contributed by atoms with Gasteiger partial charge in [0.25, 0.3) is 5.91 Å². The van der Waals surface area contributed by atoms with Crippen LogP contribution < -0.4 is 5.32 Å². The maximum absolute atomic E-state index is 12.8. The molecular weight excluding hydrogens is 340 g/mol. The number of nitrogens with one attached hydrogen (secondary N) is 1. The molecule has 0 saturated heterocycles. The predicted octanol–water partition coefficient (Wildman–Crippen LogP) is 1.05. The van der Waals surface area contributed by atoms with Gasteiger partial charge >= 0.3 is 5.97 Å². The van der Waals surface area contributed by atoms with Crippen molar-refractivity contribution in [2.75, 3.05) is 44.8 Å². The highest BCUT2D eigenvalue weighted by Crippen LogP contribution is 2.13. The van der Waals surface area contributed by atoms with Crippen LogP contribution in [0.3, 0.4) is 0 Å². The molecule has 0 heterocycles. The number of hydrogen-bond acceptors (Lipinski definition) is 6. The molecule has 0 spiro atoms. The molecule has 0 unspecified atom stereocenters. The quantitative estimate of drug-likeness (QED) is 0.448. The van der Waals surface area contributed by atoms with Gasteiger partial charge in [-0.3, -0.25) is 14.4 Å². The lowest BCUT2D eigenvalue weighted by molar-refractivity contribution is -0.143. The van der Waals surface area contributed by atoms with Crippen LogP contribution >= 0.6 is 0 Å². The van der Waals surface area contributed by atoms with Gasteiger partial charge < -0.3 is 24.8 Å². The number of hydrogen-bond donors (Lipinski definition) is 2.